The molecule has 0 fully saturated rings. The van der Waals surface area contributed by atoms with Crippen LogP contribution in [-0.2, 0) is 0 Å². The van der Waals surface area contributed by atoms with Crippen molar-refractivity contribution >= 4 is 39.3 Å². The molecule has 0 aromatic heterocycles. The normalized spacial score (nSPS) is 12.4. The van der Waals surface area contributed by atoms with E-state index in [0.717, 1.165) is 14.4 Å². The lowest BCUT2D eigenvalue weighted by Crippen LogP contribution is -2.20. The zero-order valence-electron chi connectivity index (χ0n) is 10.9. The van der Waals surface area contributed by atoms with Gasteiger partial charge in [0, 0.05) is 26.7 Å². The van der Waals surface area contributed by atoms with E-state index in [9.17, 15) is 4.39 Å². The zero-order valence-corrected chi connectivity index (χ0v) is 14.0. The summed E-state index contributed by atoms with van der Waals surface area (Å²) >= 11 is 11.1. The van der Waals surface area contributed by atoms with Crippen LogP contribution in [0.1, 0.15) is 11.6 Å². The fourth-order valence-electron chi connectivity index (χ4n) is 1.85. The molecule has 0 saturated carbocycles. The van der Waals surface area contributed by atoms with Gasteiger partial charge in [-0.15, -0.1) is 11.8 Å². The molecule has 2 rings (SSSR count). The number of benzene rings is 2. The van der Waals surface area contributed by atoms with Gasteiger partial charge >= 0.3 is 0 Å². The van der Waals surface area contributed by atoms with E-state index in [1.807, 2.05) is 37.4 Å². The van der Waals surface area contributed by atoms with Gasteiger partial charge < -0.3 is 5.32 Å². The van der Waals surface area contributed by atoms with Crippen LogP contribution < -0.4 is 5.32 Å². The minimum Gasteiger partial charge on any atom is -0.312 e. The third-order valence-electron chi connectivity index (χ3n) is 2.92. The van der Waals surface area contributed by atoms with E-state index in [0.29, 0.717) is 11.3 Å². The molecule has 0 aliphatic rings. The minimum atomic E-state index is -0.202. The van der Waals surface area contributed by atoms with E-state index >= 15 is 0 Å². The average Bonchev–Trinajstić information content (AvgIpc) is 2.45. The first-order chi connectivity index (χ1) is 9.61. The third kappa shape index (κ3) is 3.98. The van der Waals surface area contributed by atoms with Crippen molar-refractivity contribution < 1.29 is 4.39 Å². The lowest BCUT2D eigenvalue weighted by Gasteiger charge is -2.17. The van der Waals surface area contributed by atoms with E-state index in [1.54, 1.807) is 17.8 Å². The molecule has 1 atom stereocenters. The molecule has 0 aliphatic heterocycles. The predicted molar refractivity (Wildman–Crippen MR) is 88.1 cm³/mol. The monoisotopic (exact) mass is 373 g/mol. The van der Waals surface area contributed by atoms with Gasteiger partial charge in [0.25, 0.3) is 0 Å². The number of nitrogens with one attached hydrogen (secondary N) is 1. The molecule has 0 radical (unpaired) electrons. The Balaban J connectivity index is 2.13. The minimum absolute atomic E-state index is 0.0752. The summed E-state index contributed by atoms with van der Waals surface area (Å²) in [6.45, 7) is 0. The van der Waals surface area contributed by atoms with Crippen LogP contribution in [0.15, 0.2) is 51.8 Å². The van der Waals surface area contributed by atoms with Gasteiger partial charge in [0.05, 0.1) is 5.02 Å². The van der Waals surface area contributed by atoms with E-state index in [1.165, 1.54) is 6.07 Å². The van der Waals surface area contributed by atoms with Crippen molar-refractivity contribution in [2.45, 2.75) is 10.9 Å². The van der Waals surface area contributed by atoms with Gasteiger partial charge in [-0.3, -0.25) is 0 Å². The summed E-state index contributed by atoms with van der Waals surface area (Å²) < 4.78 is 14.8. The van der Waals surface area contributed by atoms with Crippen molar-refractivity contribution in [2.24, 2.45) is 0 Å². The first-order valence-corrected chi connectivity index (χ1v) is 8.27. The molecule has 0 spiro atoms. The number of hydrogen-bond acceptors (Lipinski definition) is 2. The van der Waals surface area contributed by atoms with Crippen LogP contribution in [0.2, 0.25) is 5.02 Å². The van der Waals surface area contributed by atoms with Gasteiger partial charge in [-0.1, -0.05) is 39.7 Å². The number of thioether (sulfide) groups is 1. The van der Waals surface area contributed by atoms with Gasteiger partial charge in [0.15, 0.2) is 0 Å². The molecular formula is C15H14BrClFNS. The molecule has 2 aromatic rings. The Morgan fingerprint density at radius 3 is 2.75 bits per heavy atom. The zero-order chi connectivity index (χ0) is 14.5. The first kappa shape index (κ1) is 15.8. The van der Waals surface area contributed by atoms with Crippen molar-refractivity contribution in [2.75, 3.05) is 12.8 Å². The first-order valence-electron chi connectivity index (χ1n) is 6.11. The van der Waals surface area contributed by atoms with Crippen molar-refractivity contribution in [1.29, 1.82) is 0 Å². The second kappa shape index (κ2) is 7.46. The highest BCUT2D eigenvalue weighted by Gasteiger charge is 2.15. The molecule has 1 unspecified atom stereocenters. The summed E-state index contributed by atoms with van der Waals surface area (Å²) in [5.74, 6) is 0.500. The topological polar surface area (TPSA) is 12.0 Å². The number of hydrogen-bond donors (Lipinski definition) is 1. The van der Waals surface area contributed by atoms with Crippen LogP contribution in [0.5, 0.6) is 0 Å². The SMILES string of the molecule is CNC(CSc1ccccc1Cl)c1cc(Br)ccc1F. The lowest BCUT2D eigenvalue weighted by atomic mass is 10.1. The highest BCUT2D eigenvalue weighted by molar-refractivity contribution is 9.10. The highest BCUT2D eigenvalue weighted by Crippen LogP contribution is 2.31. The van der Waals surface area contributed by atoms with Crippen molar-refractivity contribution in [1.82, 2.24) is 5.32 Å². The largest absolute Gasteiger partial charge is 0.312 e. The molecule has 0 amide bonds. The molecule has 0 bridgehead atoms. The fraction of sp³-hybridized carbons (Fsp3) is 0.200. The van der Waals surface area contributed by atoms with Crippen LogP contribution in [0.4, 0.5) is 4.39 Å². The van der Waals surface area contributed by atoms with Gasteiger partial charge in [0.1, 0.15) is 5.82 Å². The third-order valence-corrected chi connectivity index (χ3v) is 5.03. The summed E-state index contributed by atoms with van der Waals surface area (Å²) in [6, 6.07) is 12.6. The van der Waals surface area contributed by atoms with Crippen molar-refractivity contribution in [3.05, 3.63) is 63.3 Å². The van der Waals surface area contributed by atoms with E-state index < -0.39 is 0 Å². The molecule has 2 aromatic carbocycles. The smallest absolute Gasteiger partial charge is 0.128 e. The van der Waals surface area contributed by atoms with Crippen LogP contribution in [0.25, 0.3) is 0 Å². The van der Waals surface area contributed by atoms with Gasteiger partial charge in [-0.25, -0.2) is 4.39 Å². The summed E-state index contributed by atoms with van der Waals surface area (Å²) in [5, 5.41) is 3.88. The summed E-state index contributed by atoms with van der Waals surface area (Å²) in [5.41, 5.74) is 0.654. The maximum absolute atomic E-state index is 13.9. The Hall–Kier alpha value is -0.550. The second-order valence-corrected chi connectivity index (χ2v) is 6.63. The summed E-state index contributed by atoms with van der Waals surface area (Å²) in [6.07, 6.45) is 0. The Labute approximate surface area is 136 Å². The Kier molecular flexibility index (Phi) is 5.90. The standard InChI is InChI=1S/C15H14BrClFNS/c1-19-14(11-8-10(16)6-7-13(11)18)9-20-15-5-3-2-4-12(15)17/h2-8,14,19H,9H2,1H3. The van der Waals surface area contributed by atoms with Crippen LogP contribution in [0, 0.1) is 5.82 Å². The maximum atomic E-state index is 13.9. The van der Waals surface area contributed by atoms with E-state index in [4.69, 9.17) is 11.6 Å². The van der Waals surface area contributed by atoms with Crippen molar-refractivity contribution in [3.63, 3.8) is 0 Å². The maximum Gasteiger partial charge on any atom is 0.128 e. The quantitative estimate of drug-likeness (QED) is 0.713. The lowest BCUT2D eigenvalue weighted by molar-refractivity contribution is 0.565. The number of halogens is 3. The summed E-state index contributed by atoms with van der Waals surface area (Å²) in [7, 11) is 1.83. The molecule has 20 heavy (non-hydrogen) atoms. The van der Waals surface area contributed by atoms with Gasteiger partial charge in [-0.05, 0) is 37.4 Å². The molecule has 1 nitrogen and oxygen atoms in total. The summed E-state index contributed by atoms with van der Waals surface area (Å²) in [4.78, 5) is 1.00. The Morgan fingerprint density at radius 2 is 2.05 bits per heavy atom. The predicted octanol–water partition coefficient (Wildman–Crippen LogP) is 5.29. The van der Waals surface area contributed by atoms with E-state index in [-0.39, 0.29) is 11.9 Å². The second-order valence-electron chi connectivity index (χ2n) is 4.25. The Bertz CT molecular complexity index is 594. The van der Waals surface area contributed by atoms with Crippen LogP contribution >= 0.6 is 39.3 Å². The molecular weight excluding hydrogens is 361 g/mol. The van der Waals surface area contributed by atoms with Gasteiger partial charge in [-0.2, -0.15) is 0 Å². The molecule has 1 N–H and O–H groups in total. The average molecular weight is 375 g/mol. The van der Waals surface area contributed by atoms with Crippen molar-refractivity contribution in [3.8, 4) is 0 Å². The Morgan fingerprint density at radius 1 is 1.30 bits per heavy atom. The molecule has 0 aliphatic carbocycles. The molecule has 5 heteroatoms. The van der Waals surface area contributed by atoms with E-state index in [2.05, 4.69) is 21.2 Å². The fourth-order valence-corrected chi connectivity index (χ4v) is 3.60. The molecule has 0 heterocycles. The van der Waals surface area contributed by atoms with Crippen LogP contribution in [-0.4, -0.2) is 12.8 Å². The number of rotatable bonds is 5. The highest BCUT2D eigenvalue weighted by atomic mass is 79.9. The molecule has 106 valence electrons. The van der Waals surface area contributed by atoms with Gasteiger partial charge in [0.2, 0.25) is 0 Å². The molecule has 0 saturated heterocycles. The van der Waals surface area contributed by atoms with Crippen LogP contribution in [0.3, 0.4) is 0 Å².